The SMILES string of the molecule is CO/C=C(/C(=O)OC)c1ccccc1COc1cccc(O)c1.CO/N=C(/C(=O)OC)c1ccccc1COc1cccc(O)c1.COC(=O)/C(=C/SC)c1ccccc1COc1cccc(O)c1. The molecule has 6 rings (SSSR count). The highest BCUT2D eigenvalue weighted by atomic mass is 32.2. The van der Waals surface area contributed by atoms with Crippen LogP contribution in [-0.2, 0) is 58.0 Å². The predicted molar refractivity (Wildman–Crippen MR) is 263 cm³/mol. The standard InChI is InChI=1S/C18H18O5.C18H18O4S.C17H17NO5/c1-21-12-17(18(20)22-2)16-9-4-3-6-13(16)11-23-15-8-5-7-14(19)10-15;1-21-18(20)17(12-23-2)16-9-4-3-6-13(16)11-22-15-8-5-7-14(19)10-15;1-21-17(20)16(18-22-2)15-9-4-3-6-12(15)11-23-14-8-5-7-13(19)10-14/h2*3-10,12,19H,11H2,1-2H3;3-10,19H,11H2,1-2H3/b2*17-12+;18-16+. The van der Waals surface area contributed by atoms with Crippen molar-refractivity contribution >= 4 is 46.5 Å². The molecule has 0 saturated heterocycles. The van der Waals surface area contributed by atoms with Crippen molar-refractivity contribution in [2.45, 2.75) is 19.8 Å². The zero-order valence-electron chi connectivity index (χ0n) is 38.8. The second-order valence-corrected chi connectivity index (χ2v) is 14.7. The topological polar surface area (TPSA) is 198 Å². The van der Waals surface area contributed by atoms with Gasteiger partial charge in [-0.1, -0.05) is 96.2 Å². The number of rotatable bonds is 18. The summed E-state index contributed by atoms with van der Waals surface area (Å²) in [6, 6.07) is 41.6. The van der Waals surface area contributed by atoms with Crippen molar-refractivity contribution < 1.29 is 67.7 Å². The number of hydrogen-bond acceptors (Lipinski definition) is 16. The number of benzene rings is 6. The number of phenols is 3. The van der Waals surface area contributed by atoms with Gasteiger partial charge in [-0.3, -0.25) is 0 Å². The highest BCUT2D eigenvalue weighted by Crippen LogP contribution is 2.27. The first-order valence-corrected chi connectivity index (χ1v) is 22.1. The number of carbonyl (C=O) groups is 3. The van der Waals surface area contributed by atoms with Crippen LogP contribution in [0.1, 0.15) is 33.4 Å². The van der Waals surface area contributed by atoms with E-state index < -0.39 is 11.9 Å². The van der Waals surface area contributed by atoms with Gasteiger partial charge in [0.05, 0.1) is 40.3 Å². The Balaban J connectivity index is 0.000000225. The molecule has 0 aliphatic rings. The molecule has 3 N–H and O–H groups in total. The van der Waals surface area contributed by atoms with Gasteiger partial charge in [0.15, 0.2) is 5.71 Å². The number of hydrogen-bond donors (Lipinski definition) is 3. The van der Waals surface area contributed by atoms with Crippen LogP contribution in [0.4, 0.5) is 0 Å². The Morgan fingerprint density at radius 1 is 0.493 bits per heavy atom. The minimum absolute atomic E-state index is 0.0603. The highest BCUT2D eigenvalue weighted by Gasteiger charge is 2.20. The highest BCUT2D eigenvalue weighted by molar-refractivity contribution is 8.01. The maximum atomic E-state index is 12.0. The van der Waals surface area contributed by atoms with Gasteiger partial charge in [0.2, 0.25) is 0 Å². The van der Waals surface area contributed by atoms with Gasteiger partial charge in [-0.2, -0.15) is 0 Å². The van der Waals surface area contributed by atoms with Crippen molar-refractivity contribution in [2.75, 3.05) is 41.8 Å². The van der Waals surface area contributed by atoms with Gasteiger partial charge in [-0.15, -0.1) is 11.8 Å². The minimum atomic E-state index is -0.600. The molecule has 69 heavy (non-hydrogen) atoms. The fraction of sp³-hybridized carbons (Fsp3) is 0.170. The van der Waals surface area contributed by atoms with E-state index in [4.69, 9.17) is 38.0 Å². The Morgan fingerprint density at radius 2 is 0.870 bits per heavy atom. The smallest absolute Gasteiger partial charge is 0.360 e. The Bertz CT molecular complexity index is 2420. The fourth-order valence-corrected chi connectivity index (χ4v) is 6.64. The summed E-state index contributed by atoms with van der Waals surface area (Å²) in [5, 5.41) is 33.9. The van der Waals surface area contributed by atoms with E-state index in [0.717, 1.165) is 22.3 Å². The number of thioether (sulfide) groups is 1. The summed E-state index contributed by atoms with van der Waals surface area (Å²) in [7, 11) is 6.78. The van der Waals surface area contributed by atoms with Gasteiger partial charge in [0, 0.05) is 23.8 Å². The number of methoxy groups -OCH3 is 4. The maximum Gasteiger partial charge on any atom is 0.360 e. The fourth-order valence-electron chi connectivity index (χ4n) is 6.18. The normalized spacial score (nSPS) is 11.0. The number of aromatic hydroxyl groups is 3. The molecule has 0 saturated carbocycles. The summed E-state index contributed by atoms with van der Waals surface area (Å²) in [4.78, 5) is 40.5. The summed E-state index contributed by atoms with van der Waals surface area (Å²) >= 11 is 1.44. The van der Waals surface area contributed by atoms with Crippen LogP contribution in [0.5, 0.6) is 34.5 Å². The lowest BCUT2D eigenvalue weighted by Gasteiger charge is -2.13. The van der Waals surface area contributed by atoms with Crippen molar-refractivity contribution in [1.82, 2.24) is 0 Å². The molecule has 0 radical (unpaired) electrons. The molecular weight excluding hydrogens is 907 g/mol. The Labute approximate surface area is 404 Å². The van der Waals surface area contributed by atoms with Crippen LogP contribution < -0.4 is 14.2 Å². The van der Waals surface area contributed by atoms with E-state index in [9.17, 15) is 29.7 Å². The quantitative estimate of drug-likeness (QED) is 0.0184. The van der Waals surface area contributed by atoms with Crippen molar-refractivity contribution in [3.8, 4) is 34.5 Å². The molecule has 0 aliphatic heterocycles. The first-order chi connectivity index (χ1) is 33.5. The van der Waals surface area contributed by atoms with Gasteiger partial charge in [-0.25, -0.2) is 14.4 Å². The van der Waals surface area contributed by atoms with Crippen LogP contribution in [-0.4, -0.2) is 80.7 Å². The Kier molecular flexibility index (Phi) is 22.1. The van der Waals surface area contributed by atoms with Crippen LogP contribution in [0.15, 0.2) is 162 Å². The van der Waals surface area contributed by atoms with E-state index in [2.05, 4.69) is 5.16 Å². The Morgan fingerprint density at radius 3 is 1.25 bits per heavy atom. The average Bonchev–Trinajstić information content (AvgIpc) is 3.37. The van der Waals surface area contributed by atoms with Crippen molar-refractivity contribution in [2.24, 2.45) is 5.16 Å². The van der Waals surface area contributed by atoms with Gasteiger partial charge in [-0.05, 0) is 75.9 Å². The first kappa shape index (κ1) is 53.2. The second kappa shape index (κ2) is 28.6. The van der Waals surface area contributed by atoms with E-state index in [0.29, 0.717) is 39.5 Å². The average molecular weight is 960 g/mol. The van der Waals surface area contributed by atoms with E-state index >= 15 is 0 Å². The van der Waals surface area contributed by atoms with E-state index in [-0.39, 0.29) is 48.8 Å². The van der Waals surface area contributed by atoms with Gasteiger partial charge >= 0.3 is 17.9 Å². The number of ether oxygens (including phenoxy) is 7. The third-order valence-electron chi connectivity index (χ3n) is 9.37. The third kappa shape index (κ3) is 16.8. The molecule has 0 aliphatic carbocycles. The van der Waals surface area contributed by atoms with E-state index in [1.807, 2.05) is 60.9 Å². The van der Waals surface area contributed by atoms with Crippen LogP contribution in [0.2, 0.25) is 0 Å². The zero-order valence-corrected chi connectivity index (χ0v) is 39.6. The van der Waals surface area contributed by atoms with Crippen molar-refractivity contribution in [3.63, 3.8) is 0 Å². The van der Waals surface area contributed by atoms with Crippen LogP contribution in [0, 0.1) is 0 Å². The summed E-state index contributed by atoms with van der Waals surface area (Å²) in [6.07, 6.45) is 3.23. The number of carbonyl (C=O) groups excluding carboxylic acids is 3. The maximum absolute atomic E-state index is 12.0. The summed E-state index contributed by atoms with van der Waals surface area (Å²) < 4.78 is 36.4. The number of phenolic OH excluding ortho intramolecular Hbond substituents is 3. The van der Waals surface area contributed by atoms with Crippen LogP contribution in [0.25, 0.3) is 11.1 Å². The summed E-state index contributed by atoms with van der Waals surface area (Å²) in [5.74, 6) is 0.537. The molecule has 360 valence electrons. The van der Waals surface area contributed by atoms with Crippen molar-refractivity contribution in [3.05, 3.63) is 191 Å². The van der Waals surface area contributed by atoms with E-state index in [1.54, 1.807) is 84.3 Å². The molecule has 6 aromatic carbocycles. The van der Waals surface area contributed by atoms with E-state index in [1.165, 1.54) is 65.7 Å². The largest absolute Gasteiger partial charge is 0.508 e. The molecule has 0 unspecified atom stereocenters. The Hall–Kier alpha value is -8.37. The van der Waals surface area contributed by atoms with Gasteiger partial charge < -0.3 is 53.3 Å². The summed E-state index contributed by atoms with van der Waals surface area (Å²) in [6.45, 7) is 0.708. The van der Waals surface area contributed by atoms with Gasteiger partial charge in [0.1, 0.15) is 67.0 Å². The molecule has 16 heteroatoms. The molecule has 15 nitrogen and oxygen atoms in total. The molecule has 0 fully saturated rings. The molecule has 0 amide bonds. The molecule has 0 bridgehead atoms. The number of esters is 3. The third-order valence-corrected chi connectivity index (χ3v) is 9.84. The summed E-state index contributed by atoms with van der Waals surface area (Å²) in [5.41, 5.74) is 5.25. The lowest BCUT2D eigenvalue weighted by atomic mass is 10.0. The van der Waals surface area contributed by atoms with Crippen LogP contribution in [0.3, 0.4) is 0 Å². The molecule has 0 aromatic heterocycles. The second-order valence-electron chi connectivity index (χ2n) is 14.0. The molecule has 6 aromatic rings. The first-order valence-electron chi connectivity index (χ1n) is 20.8. The van der Waals surface area contributed by atoms with Gasteiger partial charge in [0.25, 0.3) is 0 Å². The molecule has 0 atom stereocenters. The lowest BCUT2D eigenvalue weighted by Crippen LogP contribution is -2.19. The predicted octanol–water partition coefficient (Wildman–Crippen LogP) is 9.47. The minimum Gasteiger partial charge on any atom is -0.508 e. The number of nitrogens with zero attached hydrogens (tertiary/aromatic N) is 1. The lowest BCUT2D eigenvalue weighted by molar-refractivity contribution is -0.134. The number of oxime groups is 1. The molecule has 0 spiro atoms. The monoisotopic (exact) mass is 959 g/mol. The van der Waals surface area contributed by atoms with Crippen LogP contribution >= 0.6 is 11.8 Å². The molecular formula is C53H53NO14S. The van der Waals surface area contributed by atoms with Crippen molar-refractivity contribution in [1.29, 1.82) is 0 Å². The molecule has 0 heterocycles. The zero-order chi connectivity index (χ0) is 50.0.